The lowest BCUT2D eigenvalue weighted by Gasteiger charge is -2.30. The molecule has 3 rings (SSSR count). The number of anilines is 3. The zero-order valence-electron chi connectivity index (χ0n) is 17.3. The van der Waals surface area contributed by atoms with Gasteiger partial charge < -0.3 is 10.2 Å². The second-order valence-electron chi connectivity index (χ2n) is 7.55. The number of hydrogen-bond acceptors (Lipinski definition) is 4. The van der Waals surface area contributed by atoms with Gasteiger partial charge >= 0.3 is 0 Å². The first-order valence-corrected chi connectivity index (χ1v) is 12.4. The van der Waals surface area contributed by atoms with E-state index in [0.717, 1.165) is 29.3 Å². The fraction of sp³-hybridized carbons (Fsp3) is 0.409. The van der Waals surface area contributed by atoms with Crippen LogP contribution in [0.25, 0.3) is 0 Å². The molecule has 1 atom stereocenters. The first kappa shape index (κ1) is 22.4. The van der Waals surface area contributed by atoms with Crippen molar-refractivity contribution < 1.29 is 13.2 Å². The van der Waals surface area contributed by atoms with Crippen LogP contribution in [-0.2, 0) is 14.8 Å². The highest BCUT2D eigenvalue weighted by Gasteiger charge is 2.31. The van der Waals surface area contributed by atoms with Crippen LogP contribution in [-0.4, -0.2) is 39.7 Å². The van der Waals surface area contributed by atoms with Gasteiger partial charge in [0.15, 0.2) is 0 Å². The molecular weight excluding hydrogens is 422 g/mol. The lowest BCUT2D eigenvalue weighted by molar-refractivity contribution is -0.117. The SMILES string of the molecule is CC[C@@H](C(=O)Nc1ccc(N2CCCCC2)cc1)N(c1cccc(Cl)c1)S(C)(=O)=O. The molecule has 1 heterocycles. The van der Waals surface area contributed by atoms with E-state index in [9.17, 15) is 13.2 Å². The third-order valence-corrected chi connectivity index (χ3v) is 6.66. The molecule has 0 aromatic heterocycles. The molecule has 1 aliphatic rings. The maximum absolute atomic E-state index is 13.0. The Morgan fingerprint density at radius 1 is 1.13 bits per heavy atom. The summed E-state index contributed by atoms with van der Waals surface area (Å²) < 4.78 is 26.2. The molecule has 1 amide bonds. The van der Waals surface area contributed by atoms with Crippen molar-refractivity contribution in [2.75, 3.05) is 33.9 Å². The van der Waals surface area contributed by atoms with E-state index in [1.807, 2.05) is 24.3 Å². The quantitative estimate of drug-likeness (QED) is 0.675. The first-order valence-electron chi connectivity index (χ1n) is 10.2. The minimum Gasteiger partial charge on any atom is -0.372 e. The highest BCUT2D eigenvalue weighted by molar-refractivity contribution is 7.92. The van der Waals surface area contributed by atoms with E-state index in [4.69, 9.17) is 11.6 Å². The minimum absolute atomic E-state index is 0.317. The Hall–Kier alpha value is -2.25. The number of amides is 1. The normalized spacial score (nSPS) is 15.5. The summed E-state index contributed by atoms with van der Waals surface area (Å²) in [4.78, 5) is 15.4. The minimum atomic E-state index is -3.70. The van der Waals surface area contributed by atoms with Gasteiger partial charge in [-0.3, -0.25) is 9.10 Å². The number of carbonyl (C=O) groups excluding carboxylic acids is 1. The van der Waals surface area contributed by atoms with E-state index >= 15 is 0 Å². The number of hydrogen-bond donors (Lipinski definition) is 1. The Kier molecular flexibility index (Phi) is 7.26. The van der Waals surface area contributed by atoms with E-state index in [1.165, 1.54) is 19.3 Å². The van der Waals surface area contributed by atoms with Gasteiger partial charge in [-0.1, -0.05) is 24.6 Å². The molecule has 1 aliphatic heterocycles. The molecule has 0 aliphatic carbocycles. The van der Waals surface area contributed by atoms with Gasteiger partial charge in [0.2, 0.25) is 15.9 Å². The first-order chi connectivity index (χ1) is 14.3. The number of benzene rings is 2. The van der Waals surface area contributed by atoms with Crippen LogP contribution in [0.3, 0.4) is 0 Å². The Morgan fingerprint density at radius 2 is 1.80 bits per heavy atom. The monoisotopic (exact) mass is 449 g/mol. The highest BCUT2D eigenvalue weighted by atomic mass is 35.5. The smallest absolute Gasteiger partial charge is 0.248 e. The fourth-order valence-corrected chi connectivity index (χ4v) is 5.19. The molecule has 0 unspecified atom stereocenters. The highest BCUT2D eigenvalue weighted by Crippen LogP contribution is 2.27. The number of sulfonamides is 1. The number of carbonyl (C=O) groups is 1. The number of nitrogens with zero attached hydrogens (tertiary/aromatic N) is 2. The predicted octanol–water partition coefficient (Wildman–Crippen LogP) is 4.51. The van der Waals surface area contributed by atoms with Crippen LogP contribution < -0.4 is 14.5 Å². The Labute approximate surface area is 183 Å². The molecule has 6 nitrogen and oxygen atoms in total. The second-order valence-corrected chi connectivity index (χ2v) is 9.84. The third-order valence-electron chi connectivity index (χ3n) is 5.25. The summed E-state index contributed by atoms with van der Waals surface area (Å²) in [5, 5.41) is 3.27. The van der Waals surface area contributed by atoms with Crippen LogP contribution in [0.5, 0.6) is 0 Å². The maximum atomic E-state index is 13.0. The van der Waals surface area contributed by atoms with Gasteiger partial charge in [0.1, 0.15) is 6.04 Å². The van der Waals surface area contributed by atoms with E-state index in [0.29, 0.717) is 22.8 Å². The molecule has 8 heteroatoms. The number of halogens is 1. The topological polar surface area (TPSA) is 69.7 Å². The Bertz CT molecular complexity index is 973. The van der Waals surface area contributed by atoms with Crippen molar-refractivity contribution in [1.29, 1.82) is 0 Å². The van der Waals surface area contributed by atoms with Crippen LogP contribution in [0.2, 0.25) is 5.02 Å². The second kappa shape index (κ2) is 9.71. The predicted molar refractivity (Wildman–Crippen MR) is 124 cm³/mol. The van der Waals surface area contributed by atoms with Crippen LogP contribution in [0.4, 0.5) is 17.1 Å². The third kappa shape index (κ3) is 5.46. The van der Waals surface area contributed by atoms with Crippen molar-refractivity contribution in [2.24, 2.45) is 0 Å². The van der Waals surface area contributed by atoms with Gasteiger partial charge in [-0.2, -0.15) is 0 Å². The van der Waals surface area contributed by atoms with Crippen molar-refractivity contribution in [1.82, 2.24) is 0 Å². The van der Waals surface area contributed by atoms with Gasteiger partial charge in [0.05, 0.1) is 11.9 Å². The summed E-state index contributed by atoms with van der Waals surface area (Å²) in [5.41, 5.74) is 2.14. The van der Waals surface area contributed by atoms with Crippen molar-refractivity contribution in [2.45, 2.75) is 38.6 Å². The number of nitrogens with one attached hydrogen (secondary N) is 1. The lowest BCUT2D eigenvalue weighted by Crippen LogP contribution is -2.47. The maximum Gasteiger partial charge on any atom is 0.248 e. The van der Waals surface area contributed by atoms with Crippen molar-refractivity contribution >= 4 is 44.6 Å². The van der Waals surface area contributed by atoms with Gasteiger partial charge in [0, 0.05) is 29.5 Å². The van der Waals surface area contributed by atoms with Crippen LogP contribution in [0.1, 0.15) is 32.6 Å². The molecular formula is C22H28ClN3O3S. The summed E-state index contributed by atoms with van der Waals surface area (Å²) in [5.74, 6) is -0.381. The molecule has 30 heavy (non-hydrogen) atoms. The molecule has 2 aromatic carbocycles. The molecule has 0 spiro atoms. The summed E-state index contributed by atoms with van der Waals surface area (Å²) >= 11 is 6.05. The molecule has 0 bridgehead atoms. The molecule has 1 saturated heterocycles. The molecule has 1 N–H and O–H groups in total. The van der Waals surface area contributed by atoms with Gasteiger partial charge in [0.25, 0.3) is 0 Å². The van der Waals surface area contributed by atoms with E-state index in [-0.39, 0.29) is 5.91 Å². The van der Waals surface area contributed by atoms with Crippen molar-refractivity contribution in [3.63, 3.8) is 0 Å². The average Bonchev–Trinajstić information content (AvgIpc) is 2.72. The van der Waals surface area contributed by atoms with Crippen LogP contribution >= 0.6 is 11.6 Å². The molecule has 0 radical (unpaired) electrons. The average molecular weight is 450 g/mol. The summed E-state index contributed by atoms with van der Waals surface area (Å²) in [6, 6.07) is 13.3. The fourth-order valence-electron chi connectivity index (χ4n) is 3.81. The molecule has 1 fully saturated rings. The molecule has 162 valence electrons. The lowest BCUT2D eigenvalue weighted by atomic mass is 10.1. The molecule has 2 aromatic rings. The van der Waals surface area contributed by atoms with E-state index in [1.54, 1.807) is 31.2 Å². The van der Waals surface area contributed by atoms with Crippen molar-refractivity contribution in [3.05, 3.63) is 53.6 Å². The van der Waals surface area contributed by atoms with Gasteiger partial charge in [-0.25, -0.2) is 8.42 Å². The number of piperidine rings is 1. The van der Waals surface area contributed by atoms with Gasteiger partial charge in [-0.15, -0.1) is 0 Å². The zero-order valence-corrected chi connectivity index (χ0v) is 18.9. The van der Waals surface area contributed by atoms with Crippen LogP contribution in [0.15, 0.2) is 48.5 Å². The van der Waals surface area contributed by atoms with E-state index in [2.05, 4.69) is 10.2 Å². The largest absolute Gasteiger partial charge is 0.372 e. The summed E-state index contributed by atoms with van der Waals surface area (Å²) in [6.45, 7) is 3.88. The summed E-state index contributed by atoms with van der Waals surface area (Å²) in [7, 11) is -3.70. The molecule has 0 saturated carbocycles. The number of rotatable bonds is 7. The Balaban J connectivity index is 1.79. The van der Waals surface area contributed by atoms with Gasteiger partial charge in [-0.05, 0) is 68.1 Å². The Morgan fingerprint density at radius 3 is 2.37 bits per heavy atom. The van der Waals surface area contributed by atoms with Crippen molar-refractivity contribution in [3.8, 4) is 0 Å². The summed E-state index contributed by atoms with van der Waals surface area (Å²) in [6.07, 6.45) is 5.07. The standard InChI is InChI=1S/C22H28ClN3O3S/c1-3-21(26(30(2,28)29)20-9-7-8-17(23)16-20)22(27)24-18-10-12-19(13-11-18)25-14-5-4-6-15-25/h7-13,16,21H,3-6,14-15H2,1-2H3,(H,24,27)/t21-/m0/s1. The van der Waals surface area contributed by atoms with E-state index < -0.39 is 16.1 Å². The van der Waals surface area contributed by atoms with Crippen LogP contribution in [0, 0.1) is 0 Å². The zero-order chi connectivity index (χ0) is 21.7.